The second-order valence-electron chi connectivity index (χ2n) is 4.14. The van der Waals surface area contributed by atoms with Gasteiger partial charge in [-0.3, -0.25) is 0 Å². The van der Waals surface area contributed by atoms with Gasteiger partial charge in [0.25, 0.3) is 0 Å². The van der Waals surface area contributed by atoms with E-state index < -0.39 is 0 Å². The quantitative estimate of drug-likeness (QED) is 0.850. The summed E-state index contributed by atoms with van der Waals surface area (Å²) in [4.78, 5) is 4.14. The highest BCUT2D eigenvalue weighted by molar-refractivity contribution is 7.80. The Labute approximate surface area is 122 Å². The third-order valence-corrected chi connectivity index (χ3v) is 3.15. The van der Waals surface area contributed by atoms with Crippen LogP contribution in [0.15, 0.2) is 28.8 Å². The van der Waals surface area contributed by atoms with E-state index in [2.05, 4.69) is 15.6 Å². The van der Waals surface area contributed by atoms with Crippen molar-refractivity contribution in [2.45, 2.75) is 20.4 Å². The average molecular weight is 296 g/mol. The molecule has 100 valence electrons. The maximum absolute atomic E-state index is 5.91. The molecule has 0 aliphatic heterocycles. The third kappa shape index (κ3) is 3.94. The predicted molar refractivity (Wildman–Crippen MR) is 80.5 cm³/mol. The van der Waals surface area contributed by atoms with E-state index >= 15 is 0 Å². The molecule has 0 amide bonds. The Balaban J connectivity index is 1.88. The van der Waals surface area contributed by atoms with E-state index in [1.54, 1.807) is 6.20 Å². The van der Waals surface area contributed by atoms with Gasteiger partial charge in [0.1, 0.15) is 17.3 Å². The van der Waals surface area contributed by atoms with Gasteiger partial charge in [0.15, 0.2) is 5.11 Å². The van der Waals surface area contributed by atoms with Gasteiger partial charge >= 0.3 is 0 Å². The molecule has 2 aromatic heterocycles. The standard InChI is InChI=1S/C13H14ClN3OS/c1-8-5-12(15-7-11(8)14)17-13(19)16-6-10-4-3-9(2)18-10/h3-5,7H,6H2,1-2H3,(H2,15,16,17,19). The Morgan fingerprint density at radius 3 is 2.84 bits per heavy atom. The van der Waals surface area contributed by atoms with Crippen LogP contribution in [0.25, 0.3) is 0 Å². The largest absolute Gasteiger partial charge is 0.465 e. The number of nitrogens with one attached hydrogen (secondary N) is 2. The van der Waals surface area contributed by atoms with Crippen molar-refractivity contribution < 1.29 is 4.42 Å². The summed E-state index contributed by atoms with van der Waals surface area (Å²) in [6.07, 6.45) is 1.59. The first-order chi connectivity index (χ1) is 9.04. The van der Waals surface area contributed by atoms with Crippen molar-refractivity contribution in [1.29, 1.82) is 0 Å². The topological polar surface area (TPSA) is 50.1 Å². The Hall–Kier alpha value is -1.59. The van der Waals surface area contributed by atoms with Crippen molar-refractivity contribution >= 4 is 34.7 Å². The zero-order valence-corrected chi connectivity index (χ0v) is 12.2. The average Bonchev–Trinajstić information content (AvgIpc) is 2.77. The van der Waals surface area contributed by atoms with Crippen LogP contribution < -0.4 is 10.6 Å². The number of anilines is 1. The van der Waals surface area contributed by atoms with Crippen molar-refractivity contribution in [3.8, 4) is 0 Å². The molecule has 0 bridgehead atoms. The van der Waals surface area contributed by atoms with Gasteiger partial charge in [-0.25, -0.2) is 4.98 Å². The minimum atomic E-state index is 0.489. The number of halogens is 1. The summed E-state index contributed by atoms with van der Waals surface area (Å²) in [5.74, 6) is 2.38. The number of thiocarbonyl (C=S) groups is 1. The molecule has 0 saturated carbocycles. The summed E-state index contributed by atoms with van der Waals surface area (Å²) in [5.41, 5.74) is 0.948. The van der Waals surface area contributed by atoms with Crippen LogP contribution in [0.3, 0.4) is 0 Å². The Kier molecular flexibility index (Phi) is 4.39. The maximum Gasteiger partial charge on any atom is 0.172 e. The lowest BCUT2D eigenvalue weighted by Crippen LogP contribution is -2.28. The number of aryl methyl sites for hydroxylation is 2. The molecule has 19 heavy (non-hydrogen) atoms. The molecule has 4 nitrogen and oxygen atoms in total. The molecular weight excluding hydrogens is 282 g/mol. The molecule has 2 aromatic rings. The van der Waals surface area contributed by atoms with Gasteiger partial charge in [-0.2, -0.15) is 0 Å². The molecule has 0 spiro atoms. The van der Waals surface area contributed by atoms with E-state index in [0.717, 1.165) is 17.1 Å². The molecule has 0 atom stereocenters. The van der Waals surface area contributed by atoms with Gasteiger partial charge in [-0.1, -0.05) is 11.6 Å². The zero-order valence-electron chi connectivity index (χ0n) is 10.7. The summed E-state index contributed by atoms with van der Waals surface area (Å²) in [5, 5.41) is 7.17. The number of hydrogen-bond acceptors (Lipinski definition) is 3. The van der Waals surface area contributed by atoms with Crippen LogP contribution in [0.4, 0.5) is 5.82 Å². The lowest BCUT2D eigenvalue weighted by Gasteiger charge is -2.09. The van der Waals surface area contributed by atoms with Crippen LogP contribution in [0, 0.1) is 13.8 Å². The monoisotopic (exact) mass is 295 g/mol. The van der Waals surface area contributed by atoms with Crippen molar-refractivity contribution in [3.05, 3.63) is 46.5 Å². The summed E-state index contributed by atoms with van der Waals surface area (Å²) in [6.45, 7) is 4.35. The maximum atomic E-state index is 5.91. The summed E-state index contributed by atoms with van der Waals surface area (Å²) >= 11 is 11.1. The van der Waals surface area contributed by atoms with E-state index in [-0.39, 0.29) is 0 Å². The Bertz CT molecular complexity index is 597. The second-order valence-corrected chi connectivity index (χ2v) is 4.95. The third-order valence-electron chi connectivity index (χ3n) is 2.51. The fourth-order valence-electron chi connectivity index (χ4n) is 1.52. The van der Waals surface area contributed by atoms with Crippen molar-refractivity contribution in [2.24, 2.45) is 0 Å². The van der Waals surface area contributed by atoms with Crippen LogP contribution in [0.5, 0.6) is 0 Å². The first-order valence-corrected chi connectivity index (χ1v) is 6.55. The minimum Gasteiger partial charge on any atom is -0.465 e. The van der Waals surface area contributed by atoms with Gasteiger partial charge in [-0.05, 0) is 49.8 Å². The van der Waals surface area contributed by atoms with Crippen LogP contribution in [0.1, 0.15) is 17.1 Å². The van der Waals surface area contributed by atoms with Crippen molar-refractivity contribution in [2.75, 3.05) is 5.32 Å². The van der Waals surface area contributed by atoms with E-state index in [0.29, 0.717) is 22.5 Å². The zero-order chi connectivity index (χ0) is 13.8. The first kappa shape index (κ1) is 13.8. The molecule has 0 aromatic carbocycles. The predicted octanol–water partition coefficient (Wildman–Crippen LogP) is 3.43. The Morgan fingerprint density at radius 1 is 1.42 bits per heavy atom. The SMILES string of the molecule is Cc1ccc(CNC(=S)Nc2cc(C)c(Cl)cn2)o1. The molecule has 6 heteroatoms. The smallest absolute Gasteiger partial charge is 0.172 e. The van der Waals surface area contributed by atoms with Crippen LogP contribution in [-0.2, 0) is 6.54 Å². The van der Waals surface area contributed by atoms with Gasteiger partial charge in [0, 0.05) is 6.20 Å². The van der Waals surface area contributed by atoms with Crippen LogP contribution >= 0.6 is 23.8 Å². The Morgan fingerprint density at radius 2 is 2.21 bits per heavy atom. The number of pyridine rings is 1. The van der Waals surface area contributed by atoms with Gasteiger partial charge in [-0.15, -0.1) is 0 Å². The van der Waals surface area contributed by atoms with Gasteiger partial charge < -0.3 is 15.1 Å². The lowest BCUT2D eigenvalue weighted by molar-refractivity contribution is 0.478. The number of furan rings is 1. The second kappa shape index (κ2) is 6.04. The highest BCUT2D eigenvalue weighted by Crippen LogP contribution is 2.16. The van der Waals surface area contributed by atoms with E-state index in [9.17, 15) is 0 Å². The van der Waals surface area contributed by atoms with Gasteiger partial charge in [0.2, 0.25) is 0 Å². The molecule has 0 radical (unpaired) electrons. The number of rotatable bonds is 3. The number of nitrogens with zero attached hydrogens (tertiary/aromatic N) is 1. The normalized spacial score (nSPS) is 10.3. The molecule has 0 saturated heterocycles. The van der Waals surface area contributed by atoms with Crippen molar-refractivity contribution in [3.63, 3.8) is 0 Å². The first-order valence-electron chi connectivity index (χ1n) is 5.77. The molecule has 0 unspecified atom stereocenters. The molecule has 0 aliphatic rings. The number of hydrogen-bond donors (Lipinski definition) is 2. The van der Waals surface area contributed by atoms with Gasteiger partial charge in [0.05, 0.1) is 11.6 Å². The fourth-order valence-corrected chi connectivity index (χ4v) is 1.80. The molecule has 2 N–H and O–H groups in total. The summed E-state index contributed by atoms with van der Waals surface area (Å²) < 4.78 is 5.44. The van der Waals surface area contributed by atoms with Crippen LogP contribution in [0.2, 0.25) is 5.02 Å². The van der Waals surface area contributed by atoms with Crippen LogP contribution in [-0.4, -0.2) is 10.1 Å². The summed E-state index contributed by atoms with van der Waals surface area (Å²) in [7, 11) is 0. The number of aromatic nitrogens is 1. The molecule has 0 aliphatic carbocycles. The molecular formula is C13H14ClN3OS. The highest BCUT2D eigenvalue weighted by atomic mass is 35.5. The summed E-state index contributed by atoms with van der Waals surface area (Å²) in [6, 6.07) is 5.67. The lowest BCUT2D eigenvalue weighted by atomic mass is 10.3. The van der Waals surface area contributed by atoms with E-state index in [1.807, 2.05) is 32.0 Å². The van der Waals surface area contributed by atoms with E-state index in [1.165, 1.54) is 0 Å². The van der Waals surface area contributed by atoms with Crippen molar-refractivity contribution in [1.82, 2.24) is 10.3 Å². The molecule has 2 rings (SSSR count). The highest BCUT2D eigenvalue weighted by Gasteiger charge is 2.03. The molecule has 0 fully saturated rings. The minimum absolute atomic E-state index is 0.489. The molecule has 2 heterocycles. The van der Waals surface area contributed by atoms with E-state index in [4.69, 9.17) is 28.2 Å². The fraction of sp³-hybridized carbons (Fsp3) is 0.231.